The van der Waals surface area contributed by atoms with Crippen molar-refractivity contribution in [1.29, 1.82) is 0 Å². The maximum absolute atomic E-state index is 11.1. The van der Waals surface area contributed by atoms with Crippen LogP contribution in [0.4, 0.5) is 4.79 Å². The zero-order chi connectivity index (χ0) is 8.97. The van der Waals surface area contributed by atoms with E-state index in [1.54, 1.807) is 4.90 Å². The topological polar surface area (TPSA) is 49.4 Å². The molecule has 12 heavy (non-hydrogen) atoms. The van der Waals surface area contributed by atoms with Crippen LogP contribution in [0.1, 0.15) is 12.8 Å². The van der Waals surface area contributed by atoms with Crippen molar-refractivity contribution in [2.45, 2.75) is 12.8 Å². The van der Waals surface area contributed by atoms with Crippen molar-refractivity contribution in [1.82, 2.24) is 10.2 Å². The van der Waals surface area contributed by atoms with Crippen LogP contribution in [0.5, 0.6) is 0 Å². The molecule has 5 heteroatoms. The van der Waals surface area contributed by atoms with Gasteiger partial charge in [-0.25, -0.2) is 4.79 Å². The first-order valence-corrected chi connectivity index (χ1v) is 5.01. The van der Waals surface area contributed by atoms with Gasteiger partial charge in [-0.3, -0.25) is 10.1 Å². The maximum atomic E-state index is 11.1. The summed E-state index contributed by atoms with van der Waals surface area (Å²) in [6.45, 7) is 1.27. The summed E-state index contributed by atoms with van der Waals surface area (Å²) in [4.78, 5) is 23.5. The molecule has 1 rings (SSSR count). The number of imide groups is 1. The van der Waals surface area contributed by atoms with E-state index in [2.05, 4.69) is 21.2 Å². The zero-order valence-electron chi connectivity index (χ0n) is 6.68. The first-order valence-electron chi connectivity index (χ1n) is 3.89. The molecule has 0 aromatic rings. The van der Waals surface area contributed by atoms with Gasteiger partial charge in [-0.15, -0.1) is 0 Å². The van der Waals surface area contributed by atoms with E-state index in [-0.39, 0.29) is 11.9 Å². The summed E-state index contributed by atoms with van der Waals surface area (Å²) in [6.07, 6.45) is 1.34. The van der Waals surface area contributed by atoms with Crippen molar-refractivity contribution in [3.05, 3.63) is 0 Å². The average molecular weight is 235 g/mol. The van der Waals surface area contributed by atoms with E-state index in [1.165, 1.54) is 0 Å². The fourth-order valence-electron chi connectivity index (χ4n) is 1.06. The number of nitrogens with zero attached hydrogens (tertiary/aromatic N) is 1. The highest BCUT2D eigenvalue weighted by Crippen LogP contribution is 2.01. The molecule has 0 saturated carbocycles. The second-order valence-electron chi connectivity index (χ2n) is 2.63. The summed E-state index contributed by atoms with van der Waals surface area (Å²) in [5.41, 5.74) is 0. The highest BCUT2D eigenvalue weighted by atomic mass is 79.9. The van der Waals surface area contributed by atoms with Crippen LogP contribution in [0.25, 0.3) is 0 Å². The smallest absolute Gasteiger partial charge is 0.324 e. The fraction of sp³-hybridized carbons (Fsp3) is 0.714. The molecule has 1 heterocycles. The minimum Gasteiger partial charge on any atom is -0.324 e. The summed E-state index contributed by atoms with van der Waals surface area (Å²) >= 11 is 3.28. The molecule has 1 aliphatic rings. The lowest BCUT2D eigenvalue weighted by atomic mass is 10.3. The third-order valence-electron chi connectivity index (χ3n) is 1.70. The molecule has 3 amide bonds. The quantitative estimate of drug-likeness (QED) is 0.732. The van der Waals surface area contributed by atoms with E-state index in [0.29, 0.717) is 19.5 Å². The van der Waals surface area contributed by atoms with Crippen molar-refractivity contribution < 1.29 is 9.59 Å². The lowest BCUT2D eigenvalue weighted by Crippen LogP contribution is -2.49. The molecule has 1 N–H and O–H groups in total. The van der Waals surface area contributed by atoms with Crippen molar-refractivity contribution in [2.75, 3.05) is 18.4 Å². The van der Waals surface area contributed by atoms with E-state index in [9.17, 15) is 9.59 Å². The molecule has 0 spiro atoms. The van der Waals surface area contributed by atoms with E-state index in [1.807, 2.05) is 0 Å². The summed E-state index contributed by atoms with van der Waals surface area (Å²) in [7, 11) is 0. The second-order valence-corrected chi connectivity index (χ2v) is 3.43. The number of urea groups is 1. The number of hydrogen-bond donors (Lipinski definition) is 1. The van der Waals surface area contributed by atoms with Gasteiger partial charge >= 0.3 is 6.03 Å². The molecule has 1 fully saturated rings. The van der Waals surface area contributed by atoms with Gasteiger partial charge in [0, 0.05) is 24.8 Å². The summed E-state index contributed by atoms with van der Waals surface area (Å²) < 4.78 is 0. The monoisotopic (exact) mass is 234 g/mol. The Morgan fingerprint density at radius 2 is 2.25 bits per heavy atom. The van der Waals surface area contributed by atoms with Crippen LogP contribution in [0, 0.1) is 0 Å². The van der Waals surface area contributed by atoms with Crippen LogP contribution >= 0.6 is 15.9 Å². The molecule has 1 aliphatic heterocycles. The van der Waals surface area contributed by atoms with E-state index in [4.69, 9.17) is 0 Å². The first kappa shape index (κ1) is 9.51. The van der Waals surface area contributed by atoms with Crippen molar-refractivity contribution in [3.63, 3.8) is 0 Å². The number of carbonyl (C=O) groups excluding carboxylic acids is 2. The normalized spacial score (nSPS) is 17.9. The molecule has 0 atom stereocenters. The number of amides is 3. The number of rotatable bonds is 3. The predicted octanol–water partition coefficient (Wildman–Crippen LogP) is 0.713. The maximum Gasteiger partial charge on any atom is 0.324 e. The van der Waals surface area contributed by atoms with Gasteiger partial charge in [-0.05, 0) is 6.42 Å². The summed E-state index contributed by atoms with van der Waals surface area (Å²) in [6, 6.07) is -0.257. The van der Waals surface area contributed by atoms with Gasteiger partial charge in [0.1, 0.15) is 0 Å². The highest BCUT2D eigenvalue weighted by molar-refractivity contribution is 9.09. The molecular formula is C7H11BrN2O2. The van der Waals surface area contributed by atoms with Crippen molar-refractivity contribution in [3.8, 4) is 0 Å². The molecule has 0 unspecified atom stereocenters. The van der Waals surface area contributed by atoms with Crippen LogP contribution in [0.3, 0.4) is 0 Å². The Balaban J connectivity index is 2.35. The molecule has 1 saturated heterocycles. The zero-order valence-corrected chi connectivity index (χ0v) is 8.26. The standard InChI is InChI=1S/C7H11BrN2O2/c8-3-1-4-10-5-2-6(11)9-7(10)12/h1-5H2,(H,9,11,12). The lowest BCUT2D eigenvalue weighted by Gasteiger charge is -2.25. The molecule has 0 aromatic carbocycles. The van der Waals surface area contributed by atoms with E-state index in [0.717, 1.165) is 11.8 Å². The molecule has 68 valence electrons. The van der Waals surface area contributed by atoms with Crippen LogP contribution in [0.2, 0.25) is 0 Å². The van der Waals surface area contributed by atoms with E-state index >= 15 is 0 Å². The molecular weight excluding hydrogens is 224 g/mol. The number of halogens is 1. The second kappa shape index (κ2) is 4.45. The van der Waals surface area contributed by atoms with Crippen LogP contribution in [-0.4, -0.2) is 35.3 Å². The van der Waals surface area contributed by atoms with Gasteiger partial charge in [-0.2, -0.15) is 0 Å². The lowest BCUT2D eigenvalue weighted by molar-refractivity contribution is -0.121. The van der Waals surface area contributed by atoms with Gasteiger partial charge in [0.2, 0.25) is 5.91 Å². The number of nitrogens with one attached hydrogen (secondary N) is 1. The Labute approximate surface area is 79.4 Å². The Bertz CT molecular complexity index is 196. The highest BCUT2D eigenvalue weighted by Gasteiger charge is 2.21. The number of carbonyl (C=O) groups is 2. The Morgan fingerprint density at radius 1 is 1.50 bits per heavy atom. The molecule has 0 radical (unpaired) electrons. The Morgan fingerprint density at radius 3 is 2.83 bits per heavy atom. The minimum atomic E-state index is -0.257. The Kier molecular flexibility index (Phi) is 3.52. The largest absolute Gasteiger partial charge is 0.324 e. The van der Waals surface area contributed by atoms with Gasteiger partial charge in [-0.1, -0.05) is 15.9 Å². The average Bonchev–Trinajstić information content (AvgIpc) is 2.03. The van der Waals surface area contributed by atoms with Gasteiger partial charge in [0.05, 0.1) is 0 Å². The minimum absolute atomic E-state index is 0.171. The summed E-state index contributed by atoms with van der Waals surface area (Å²) in [5.74, 6) is -0.171. The molecule has 0 bridgehead atoms. The predicted molar refractivity (Wildman–Crippen MR) is 48.1 cm³/mol. The molecule has 0 aromatic heterocycles. The van der Waals surface area contributed by atoms with Crippen molar-refractivity contribution in [2.24, 2.45) is 0 Å². The Hall–Kier alpha value is -0.580. The third-order valence-corrected chi connectivity index (χ3v) is 2.26. The van der Waals surface area contributed by atoms with Crippen LogP contribution in [-0.2, 0) is 4.79 Å². The first-order chi connectivity index (χ1) is 5.74. The number of alkyl halides is 1. The van der Waals surface area contributed by atoms with E-state index < -0.39 is 0 Å². The van der Waals surface area contributed by atoms with Crippen molar-refractivity contribution >= 4 is 27.9 Å². The van der Waals surface area contributed by atoms with Gasteiger partial charge < -0.3 is 4.90 Å². The van der Waals surface area contributed by atoms with Crippen LogP contribution < -0.4 is 5.32 Å². The summed E-state index contributed by atoms with van der Waals surface area (Å²) in [5, 5.41) is 3.15. The van der Waals surface area contributed by atoms with Crippen LogP contribution in [0.15, 0.2) is 0 Å². The molecule has 0 aliphatic carbocycles. The molecule has 4 nitrogen and oxygen atoms in total. The third kappa shape index (κ3) is 2.48. The van der Waals surface area contributed by atoms with Gasteiger partial charge in [0.15, 0.2) is 0 Å². The number of hydrogen-bond acceptors (Lipinski definition) is 2. The SMILES string of the molecule is O=C1CCN(CCCBr)C(=O)N1. The van der Waals surface area contributed by atoms with Gasteiger partial charge in [0.25, 0.3) is 0 Å². The fourth-order valence-corrected chi connectivity index (χ4v) is 1.31.